The van der Waals surface area contributed by atoms with E-state index in [1.54, 1.807) is 33.1 Å². The summed E-state index contributed by atoms with van der Waals surface area (Å²) >= 11 is 1.22. The minimum Gasteiger partial charge on any atom is -0.383 e. The number of thiophene rings is 1. The van der Waals surface area contributed by atoms with E-state index in [2.05, 4.69) is 4.98 Å². The van der Waals surface area contributed by atoms with Gasteiger partial charge in [0.1, 0.15) is 28.1 Å². The number of ketones is 1. The standard InChI is InChI=1S/C35H36F2N4O4S/c1-6-25(42)18-23-12-14-24(15-13-23)31-27(19-39(4)16-17-45-5)30-33(43)41(32-21(2)10-11-22(3)38-32)35(44)40(34(30)46-31)20-26-28(36)8-7-9-29(26)37/h7-15H,6,16-20H2,1-5H3. The molecule has 5 aromatic rings. The van der Waals surface area contributed by atoms with Gasteiger partial charge in [0.2, 0.25) is 0 Å². The lowest BCUT2D eigenvalue weighted by molar-refractivity contribution is -0.118. The van der Waals surface area contributed by atoms with Gasteiger partial charge in [0.15, 0.2) is 0 Å². The van der Waals surface area contributed by atoms with Crippen LogP contribution in [0.4, 0.5) is 8.78 Å². The maximum atomic E-state index is 15.0. The lowest BCUT2D eigenvalue weighted by atomic mass is 10.0. The van der Waals surface area contributed by atoms with E-state index >= 15 is 8.78 Å². The number of ether oxygens (including phenoxy) is 1. The SMILES string of the molecule is CCC(=O)Cc1ccc(-c2sc3c(c2CN(C)CCOC)c(=O)n(-c2nc(C)ccc2C)c(=O)n3Cc2c(F)cccc2F)cc1. The van der Waals surface area contributed by atoms with E-state index < -0.39 is 29.4 Å². The van der Waals surface area contributed by atoms with E-state index in [1.165, 1.54) is 22.0 Å². The van der Waals surface area contributed by atoms with Crippen LogP contribution in [0.2, 0.25) is 0 Å². The molecule has 8 nitrogen and oxygen atoms in total. The number of benzene rings is 2. The van der Waals surface area contributed by atoms with Crippen molar-refractivity contribution in [1.29, 1.82) is 0 Å². The number of carbonyl (C=O) groups is 1. The molecule has 0 aliphatic heterocycles. The van der Waals surface area contributed by atoms with Gasteiger partial charge in [0.05, 0.1) is 18.5 Å². The first-order chi connectivity index (χ1) is 22.0. The van der Waals surface area contributed by atoms with Crippen molar-refractivity contribution in [3.63, 3.8) is 0 Å². The number of carbonyl (C=O) groups excluding carboxylic acids is 1. The van der Waals surface area contributed by atoms with E-state index in [4.69, 9.17) is 4.74 Å². The van der Waals surface area contributed by atoms with Crippen LogP contribution in [0.1, 0.15) is 41.3 Å². The summed E-state index contributed by atoms with van der Waals surface area (Å²) in [6, 6.07) is 14.7. The van der Waals surface area contributed by atoms with Crippen molar-refractivity contribution in [2.45, 2.75) is 46.7 Å². The molecular weight excluding hydrogens is 610 g/mol. The van der Waals surface area contributed by atoms with E-state index in [-0.39, 0.29) is 22.6 Å². The Labute approximate surface area is 269 Å². The molecule has 0 fully saturated rings. The number of rotatable bonds is 12. The topological polar surface area (TPSA) is 86.4 Å². The molecule has 0 unspecified atom stereocenters. The molecule has 0 amide bonds. The number of aromatic nitrogens is 3. The molecule has 0 aliphatic carbocycles. The van der Waals surface area contributed by atoms with Crippen molar-refractivity contribution in [3.8, 4) is 16.3 Å². The monoisotopic (exact) mass is 646 g/mol. The van der Waals surface area contributed by atoms with Crippen LogP contribution in [-0.2, 0) is 29.0 Å². The zero-order chi connectivity index (χ0) is 33.1. The summed E-state index contributed by atoms with van der Waals surface area (Å²) in [5.74, 6) is -1.30. The maximum absolute atomic E-state index is 15.0. The van der Waals surface area contributed by atoms with Crippen LogP contribution in [0.3, 0.4) is 0 Å². The Balaban J connectivity index is 1.84. The smallest absolute Gasteiger partial charge is 0.338 e. The minimum absolute atomic E-state index is 0.125. The van der Waals surface area contributed by atoms with Gasteiger partial charge in [-0.05, 0) is 61.3 Å². The zero-order valence-corrected chi connectivity index (χ0v) is 27.3. The highest BCUT2D eigenvalue weighted by atomic mass is 32.1. The second-order valence-electron chi connectivity index (χ2n) is 11.4. The first kappa shape index (κ1) is 33.1. The summed E-state index contributed by atoms with van der Waals surface area (Å²) in [5, 5.41) is 0.272. The second kappa shape index (κ2) is 14.0. The molecule has 0 bridgehead atoms. The van der Waals surface area contributed by atoms with Gasteiger partial charge in [0.25, 0.3) is 5.56 Å². The molecule has 0 N–H and O–H groups in total. The molecule has 240 valence electrons. The average Bonchev–Trinajstić information content (AvgIpc) is 3.40. The quantitative estimate of drug-likeness (QED) is 0.170. The number of likely N-dealkylation sites (N-methyl/N-ethyl adjacent to an activating group) is 1. The van der Waals surface area contributed by atoms with Crippen molar-refractivity contribution in [2.24, 2.45) is 0 Å². The molecule has 0 saturated heterocycles. The molecule has 0 saturated carbocycles. The van der Waals surface area contributed by atoms with Crippen molar-refractivity contribution < 1.29 is 18.3 Å². The number of halogens is 2. The predicted molar refractivity (Wildman–Crippen MR) is 177 cm³/mol. The van der Waals surface area contributed by atoms with Gasteiger partial charge >= 0.3 is 5.69 Å². The number of hydrogen-bond acceptors (Lipinski definition) is 7. The van der Waals surface area contributed by atoms with E-state index in [0.717, 1.165) is 32.7 Å². The van der Waals surface area contributed by atoms with Crippen LogP contribution in [0.5, 0.6) is 0 Å². The Bertz CT molecular complexity index is 2010. The summed E-state index contributed by atoms with van der Waals surface area (Å²) in [7, 11) is 3.52. The molecule has 0 radical (unpaired) electrons. The van der Waals surface area contributed by atoms with Crippen LogP contribution in [0, 0.1) is 25.5 Å². The largest absolute Gasteiger partial charge is 0.383 e. The fourth-order valence-electron chi connectivity index (χ4n) is 5.38. The van der Waals surface area contributed by atoms with Crippen molar-refractivity contribution >= 4 is 27.3 Å². The first-order valence-electron chi connectivity index (χ1n) is 15.0. The Hall–Kier alpha value is -4.32. The van der Waals surface area contributed by atoms with Gasteiger partial charge in [-0.1, -0.05) is 43.3 Å². The van der Waals surface area contributed by atoms with Crippen LogP contribution in [-0.4, -0.2) is 52.1 Å². The maximum Gasteiger partial charge on any atom is 0.338 e. The van der Waals surface area contributed by atoms with Crippen LogP contribution in [0.15, 0.2) is 64.2 Å². The van der Waals surface area contributed by atoms with Crippen LogP contribution >= 0.6 is 11.3 Å². The highest BCUT2D eigenvalue weighted by Crippen LogP contribution is 2.38. The lowest BCUT2D eigenvalue weighted by Crippen LogP contribution is -2.40. The molecule has 46 heavy (non-hydrogen) atoms. The van der Waals surface area contributed by atoms with Gasteiger partial charge in [-0.15, -0.1) is 11.3 Å². The number of Topliss-reactive ketones (excluding diaryl/α,β-unsaturated/α-hetero) is 1. The molecule has 11 heteroatoms. The van der Waals surface area contributed by atoms with Crippen molar-refractivity contribution in [3.05, 3.63) is 115 Å². The fourth-order valence-corrected chi connectivity index (χ4v) is 6.68. The molecule has 5 rings (SSSR count). The Morgan fingerprint density at radius 3 is 2.35 bits per heavy atom. The van der Waals surface area contributed by atoms with Gasteiger partial charge in [-0.3, -0.25) is 19.1 Å². The first-order valence-corrected chi connectivity index (χ1v) is 15.8. The third-order valence-electron chi connectivity index (χ3n) is 7.99. The normalized spacial score (nSPS) is 11.6. The highest BCUT2D eigenvalue weighted by molar-refractivity contribution is 7.22. The summed E-state index contributed by atoms with van der Waals surface area (Å²) < 4.78 is 37.6. The molecule has 2 aromatic carbocycles. The Morgan fingerprint density at radius 1 is 1.00 bits per heavy atom. The zero-order valence-electron chi connectivity index (χ0n) is 26.5. The van der Waals surface area contributed by atoms with Gasteiger partial charge in [-0.2, -0.15) is 0 Å². The van der Waals surface area contributed by atoms with Gasteiger partial charge < -0.3 is 4.74 Å². The minimum atomic E-state index is -0.795. The van der Waals surface area contributed by atoms with Crippen molar-refractivity contribution in [1.82, 2.24) is 19.0 Å². The van der Waals surface area contributed by atoms with Gasteiger partial charge in [-0.25, -0.2) is 23.1 Å². The fraction of sp³-hybridized carbons (Fsp3) is 0.314. The molecule has 3 heterocycles. The summed E-state index contributed by atoms with van der Waals surface area (Å²) in [4.78, 5) is 48.4. The third-order valence-corrected chi connectivity index (χ3v) is 9.29. The average molecular weight is 647 g/mol. The lowest BCUT2D eigenvalue weighted by Gasteiger charge is -2.18. The number of nitrogens with zero attached hydrogens (tertiary/aromatic N) is 4. The number of hydrogen-bond donors (Lipinski definition) is 0. The Morgan fingerprint density at radius 2 is 1.70 bits per heavy atom. The summed E-state index contributed by atoms with van der Waals surface area (Å²) in [6.45, 7) is 6.26. The number of methoxy groups -OCH3 is 1. The van der Waals surface area contributed by atoms with E-state index in [1.807, 2.05) is 43.1 Å². The van der Waals surface area contributed by atoms with Crippen LogP contribution in [0.25, 0.3) is 26.5 Å². The third kappa shape index (κ3) is 6.62. The van der Waals surface area contributed by atoms with Crippen molar-refractivity contribution in [2.75, 3.05) is 27.3 Å². The summed E-state index contributed by atoms with van der Waals surface area (Å²) in [6.07, 6.45) is 0.759. The summed E-state index contributed by atoms with van der Waals surface area (Å²) in [5.41, 5.74) is 1.93. The molecule has 3 aromatic heterocycles. The number of fused-ring (bicyclic) bond motifs is 1. The number of pyridine rings is 1. The second-order valence-corrected chi connectivity index (χ2v) is 12.4. The van der Waals surface area contributed by atoms with E-state index in [9.17, 15) is 14.4 Å². The molecule has 0 spiro atoms. The molecular formula is C35H36F2N4O4S. The highest BCUT2D eigenvalue weighted by Gasteiger charge is 2.26. The molecule has 0 atom stereocenters. The van der Waals surface area contributed by atoms with Crippen LogP contribution < -0.4 is 11.2 Å². The number of aryl methyl sites for hydroxylation is 2. The Kier molecular flexibility index (Phi) is 10.0. The van der Waals surface area contributed by atoms with Gasteiger partial charge in [0, 0.05) is 49.2 Å². The predicted octanol–water partition coefficient (Wildman–Crippen LogP) is 5.82. The molecule has 0 aliphatic rings. The van der Waals surface area contributed by atoms with E-state index in [0.29, 0.717) is 54.2 Å².